The Kier molecular flexibility index (Phi) is 4.69. The second kappa shape index (κ2) is 7.52. The molecular weight excluding hydrogens is 429 g/mol. The minimum atomic E-state index is -1.93. The normalized spacial score (nSPS) is 12.5. The molecule has 150 valence electrons. The fourth-order valence-electron chi connectivity index (χ4n) is 3.19. The summed E-state index contributed by atoms with van der Waals surface area (Å²) in [6.45, 7) is 0.180. The van der Waals surface area contributed by atoms with Crippen LogP contribution in [-0.2, 0) is 17.9 Å². The average molecular weight is 441 g/mol. The molecule has 0 amide bonds. The van der Waals surface area contributed by atoms with Gasteiger partial charge in [-0.25, -0.2) is 14.2 Å². The summed E-state index contributed by atoms with van der Waals surface area (Å²) >= 11 is -0.937. The molecule has 5 aromatic rings. The van der Waals surface area contributed by atoms with Crippen molar-refractivity contribution in [2.75, 3.05) is 4.72 Å². The zero-order valence-electron chi connectivity index (χ0n) is 15.1. The number of rotatable bonds is 5. The Balaban J connectivity index is 1.55. The third-order valence-corrected chi connectivity index (χ3v) is 6.37. The van der Waals surface area contributed by atoms with E-state index >= 15 is 0 Å². The van der Waals surface area contributed by atoms with Gasteiger partial charge in [-0.15, -0.1) is 0 Å². The summed E-state index contributed by atoms with van der Waals surface area (Å²) in [6, 6.07) is 9.99. The highest BCUT2D eigenvalue weighted by molar-refractivity contribution is 7.93. The number of nitrogens with zero attached hydrogens (tertiary/aromatic N) is 4. The van der Waals surface area contributed by atoms with Crippen LogP contribution in [0.15, 0.2) is 69.2 Å². The molecule has 1 N–H and O–H groups in total. The molecule has 3 aromatic heterocycles. The summed E-state index contributed by atoms with van der Waals surface area (Å²) in [6.07, 6.45) is 4.71. The van der Waals surface area contributed by atoms with Gasteiger partial charge in [-0.3, -0.25) is 9.55 Å². The van der Waals surface area contributed by atoms with Gasteiger partial charge in [-0.05, 0) is 17.0 Å². The minimum Gasteiger partial charge on any atom is -0.588 e. The maximum absolute atomic E-state index is 14.7. The third kappa shape index (κ3) is 3.32. The Bertz CT molecular complexity index is 1410. The summed E-state index contributed by atoms with van der Waals surface area (Å²) in [5.41, 5.74) is 1.26. The summed E-state index contributed by atoms with van der Waals surface area (Å²) in [5, 5.41) is 2.16. The van der Waals surface area contributed by atoms with Crippen LogP contribution in [0.4, 0.5) is 9.52 Å². The first-order valence-corrected chi connectivity index (χ1v) is 10.6. The van der Waals surface area contributed by atoms with E-state index in [9.17, 15) is 13.7 Å². The Morgan fingerprint density at radius 3 is 3.03 bits per heavy atom. The Morgan fingerprint density at radius 1 is 1.30 bits per heavy atom. The molecule has 0 fully saturated rings. The monoisotopic (exact) mass is 441 g/mol. The molecule has 1 unspecified atom stereocenters. The first-order chi connectivity index (χ1) is 14.6. The number of hydrogen-bond acceptors (Lipinski definition) is 8. The smallest absolute Gasteiger partial charge is 0.420 e. The van der Waals surface area contributed by atoms with Crippen LogP contribution in [0.1, 0.15) is 5.56 Å². The van der Waals surface area contributed by atoms with E-state index in [0.29, 0.717) is 0 Å². The molecule has 2 aromatic carbocycles. The van der Waals surface area contributed by atoms with Crippen LogP contribution in [-0.4, -0.2) is 23.5 Å². The van der Waals surface area contributed by atoms with Gasteiger partial charge in [0.2, 0.25) is 10.0 Å². The predicted octanol–water partition coefficient (Wildman–Crippen LogP) is 3.32. The largest absolute Gasteiger partial charge is 0.588 e. The van der Waals surface area contributed by atoms with Crippen molar-refractivity contribution in [1.82, 2.24) is 18.9 Å². The lowest BCUT2D eigenvalue weighted by Crippen LogP contribution is -2.16. The number of halogens is 1. The van der Waals surface area contributed by atoms with Gasteiger partial charge in [-0.2, -0.15) is 9.10 Å². The lowest BCUT2D eigenvalue weighted by atomic mass is 10.1. The lowest BCUT2D eigenvalue weighted by molar-refractivity contribution is 0.517. The first kappa shape index (κ1) is 18.7. The maximum atomic E-state index is 14.7. The van der Waals surface area contributed by atoms with Gasteiger partial charge in [0, 0.05) is 41.4 Å². The number of oxazole rings is 1. The highest BCUT2D eigenvalue weighted by Gasteiger charge is 2.23. The molecule has 3 heterocycles. The highest BCUT2D eigenvalue weighted by Crippen LogP contribution is 2.26. The van der Waals surface area contributed by atoms with Crippen LogP contribution in [0.25, 0.3) is 21.9 Å². The molecule has 0 aliphatic rings. The van der Waals surface area contributed by atoms with E-state index in [1.54, 1.807) is 12.4 Å². The molecule has 0 aliphatic heterocycles. The molecule has 30 heavy (non-hydrogen) atoms. The van der Waals surface area contributed by atoms with Crippen LogP contribution in [0, 0.1) is 5.82 Å². The summed E-state index contributed by atoms with van der Waals surface area (Å²) in [4.78, 5) is 20.3. The summed E-state index contributed by atoms with van der Waals surface area (Å²) in [7, 11) is 0. The van der Waals surface area contributed by atoms with E-state index in [1.165, 1.54) is 17.0 Å². The van der Waals surface area contributed by atoms with Gasteiger partial charge in [0.25, 0.3) is 0 Å². The van der Waals surface area contributed by atoms with Gasteiger partial charge in [-0.1, -0.05) is 18.2 Å². The molecule has 0 bridgehead atoms. The number of fused-ring (bicyclic) bond motifs is 2. The number of hydrogen-bond donors (Lipinski definition) is 1. The second-order valence-electron chi connectivity index (χ2n) is 6.34. The van der Waals surface area contributed by atoms with Gasteiger partial charge >= 0.3 is 5.76 Å². The van der Waals surface area contributed by atoms with Crippen LogP contribution in [0.3, 0.4) is 0 Å². The topological polar surface area (TPSA) is 109 Å². The van der Waals surface area contributed by atoms with Crippen LogP contribution in [0.2, 0.25) is 0 Å². The summed E-state index contributed by atoms with van der Waals surface area (Å²) < 4.78 is 40.2. The molecule has 0 radical (unpaired) electrons. The van der Waals surface area contributed by atoms with Crippen molar-refractivity contribution in [3.63, 3.8) is 0 Å². The van der Waals surface area contributed by atoms with E-state index in [-0.39, 0.29) is 27.7 Å². The zero-order chi connectivity index (χ0) is 20.7. The number of benzene rings is 2. The van der Waals surface area contributed by atoms with E-state index in [2.05, 4.69) is 19.1 Å². The second-order valence-corrected chi connectivity index (χ2v) is 8.30. The van der Waals surface area contributed by atoms with Crippen molar-refractivity contribution >= 4 is 49.9 Å². The highest BCUT2D eigenvalue weighted by atomic mass is 32.2. The predicted molar refractivity (Wildman–Crippen MR) is 111 cm³/mol. The molecule has 5 rings (SSSR count). The molecular formula is C19H12FN5O3S2. The van der Waals surface area contributed by atoms with Crippen molar-refractivity contribution in [2.24, 2.45) is 0 Å². The molecule has 0 spiro atoms. The van der Waals surface area contributed by atoms with E-state index in [4.69, 9.17) is 4.42 Å². The minimum absolute atomic E-state index is 0.141. The van der Waals surface area contributed by atoms with Gasteiger partial charge in [0.1, 0.15) is 17.7 Å². The SMILES string of the molecule is O=c1oc2cc([S+]([O-])Nc3ncns3)c(F)cc2n1Cc1cccc2ccncc12. The number of pyridine rings is 1. The van der Waals surface area contributed by atoms with E-state index in [0.717, 1.165) is 33.9 Å². The Morgan fingerprint density at radius 2 is 2.20 bits per heavy atom. The molecule has 0 saturated carbocycles. The first-order valence-electron chi connectivity index (χ1n) is 8.70. The van der Waals surface area contributed by atoms with Crippen molar-refractivity contribution in [3.05, 3.63) is 77.1 Å². The Hall–Kier alpha value is -3.28. The quantitative estimate of drug-likeness (QED) is 0.417. The van der Waals surface area contributed by atoms with Crippen molar-refractivity contribution < 1.29 is 13.4 Å². The van der Waals surface area contributed by atoms with Crippen LogP contribution < -0.4 is 10.5 Å². The van der Waals surface area contributed by atoms with E-state index < -0.39 is 22.9 Å². The third-order valence-electron chi connectivity index (χ3n) is 4.57. The zero-order valence-corrected chi connectivity index (χ0v) is 16.7. The van der Waals surface area contributed by atoms with Crippen molar-refractivity contribution in [1.29, 1.82) is 0 Å². The fraction of sp³-hybridized carbons (Fsp3) is 0.0526. The summed E-state index contributed by atoms with van der Waals surface area (Å²) in [5.74, 6) is -1.36. The average Bonchev–Trinajstić information content (AvgIpc) is 3.36. The van der Waals surface area contributed by atoms with Crippen LogP contribution >= 0.6 is 11.5 Å². The van der Waals surface area contributed by atoms with Gasteiger partial charge in [0.15, 0.2) is 11.4 Å². The molecule has 0 aliphatic carbocycles. The van der Waals surface area contributed by atoms with E-state index in [1.807, 2.05) is 24.3 Å². The standard InChI is InChI=1S/C19H12FN5O3S2/c20-14-6-15-16(7-17(14)30(27)24-18-22-10-23-29-18)28-19(26)25(15)9-12-3-1-2-11-4-5-21-8-13(11)12/h1-8,10H,9H2,(H,22,23,24). The molecule has 0 saturated heterocycles. The van der Waals surface area contributed by atoms with Crippen molar-refractivity contribution in [2.45, 2.75) is 11.4 Å². The van der Waals surface area contributed by atoms with Gasteiger partial charge < -0.3 is 8.97 Å². The number of nitrogens with one attached hydrogen (secondary N) is 1. The van der Waals surface area contributed by atoms with Gasteiger partial charge in [0.05, 0.1) is 12.1 Å². The molecule has 11 heteroatoms. The fourth-order valence-corrected chi connectivity index (χ4v) is 4.63. The maximum Gasteiger partial charge on any atom is 0.420 e. The molecule has 1 atom stereocenters. The number of anilines is 1. The lowest BCUT2D eigenvalue weighted by Gasteiger charge is -2.10. The van der Waals surface area contributed by atoms with Crippen LogP contribution in [0.5, 0.6) is 0 Å². The van der Waals surface area contributed by atoms with Crippen molar-refractivity contribution in [3.8, 4) is 0 Å². The molecule has 8 nitrogen and oxygen atoms in total. The Labute approximate surface area is 175 Å². The number of aromatic nitrogens is 4.